The first kappa shape index (κ1) is 27.8. The lowest BCUT2D eigenvalue weighted by atomic mass is 10.1. The van der Waals surface area contributed by atoms with E-state index in [2.05, 4.69) is 21.2 Å². The van der Waals surface area contributed by atoms with Gasteiger partial charge in [-0.15, -0.1) is 0 Å². The molecule has 0 aliphatic rings. The Morgan fingerprint density at radius 2 is 1.68 bits per heavy atom. The molecule has 1 atom stereocenters. The third kappa shape index (κ3) is 7.80. The minimum Gasteiger partial charge on any atom is -0.350 e. The van der Waals surface area contributed by atoms with Crippen molar-refractivity contribution in [3.05, 3.63) is 64.4 Å². The number of anilines is 1. The molecular formula is C24H31BrFN3O4S. The second kappa shape index (κ2) is 11.3. The predicted octanol–water partition coefficient (Wildman–Crippen LogP) is 4.08. The van der Waals surface area contributed by atoms with Crippen molar-refractivity contribution in [2.24, 2.45) is 0 Å². The van der Waals surface area contributed by atoms with E-state index < -0.39 is 39.9 Å². The van der Waals surface area contributed by atoms with E-state index in [1.54, 1.807) is 31.2 Å². The summed E-state index contributed by atoms with van der Waals surface area (Å²) in [7, 11) is -3.82. The number of halogens is 2. The average molecular weight is 556 g/mol. The fourth-order valence-electron chi connectivity index (χ4n) is 3.41. The minimum absolute atomic E-state index is 0.0166. The average Bonchev–Trinajstić information content (AvgIpc) is 2.71. The van der Waals surface area contributed by atoms with Crippen LogP contribution in [-0.4, -0.2) is 49.5 Å². The Bertz CT molecular complexity index is 1120. The van der Waals surface area contributed by atoms with Crippen LogP contribution in [0.3, 0.4) is 0 Å². The van der Waals surface area contributed by atoms with Crippen LogP contribution in [0.1, 0.15) is 39.7 Å². The molecule has 186 valence electrons. The van der Waals surface area contributed by atoms with E-state index in [9.17, 15) is 22.4 Å². The second-order valence-electron chi connectivity index (χ2n) is 9.03. The van der Waals surface area contributed by atoms with Crippen molar-refractivity contribution in [2.45, 2.75) is 52.2 Å². The Morgan fingerprint density at radius 3 is 2.18 bits per heavy atom. The van der Waals surface area contributed by atoms with Gasteiger partial charge in [-0.2, -0.15) is 0 Å². The molecule has 0 heterocycles. The van der Waals surface area contributed by atoms with Gasteiger partial charge in [0.2, 0.25) is 21.8 Å². The molecule has 2 amide bonds. The quantitative estimate of drug-likeness (QED) is 0.505. The zero-order chi connectivity index (χ0) is 25.7. The highest BCUT2D eigenvalue weighted by molar-refractivity contribution is 9.10. The Kier molecular flexibility index (Phi) is 9.24. The van der Waals surface area contributed by atoms with E-state index in [-0.39, 0.29) is 12.5 Å². The zero-order valence-electron chi connectivity index (χ0n) is 20.0. The van der Waals surface area contributed by atoms with Crippen molar-refractivity contribution < 1.29 is 22.4 Å². The molecule has 34 heavy (non-hydrogen) atoms. The van der Waals surface area contributed by atoms with Crippen molar-refractivity contribution in [1.29, 1.82) is 0 Å². The van der Waals surface area contributed by atoms with E-state index >= 15 is 0 Å². The summed E-state index contributed by atoms with van der Waals surface area (Å²) in [6, 6.07) is 11.4. The summed E-state index contributed by atoms with van der Waals surface area (Å²) >= 11 is 3.35. The molecule has 0 spiro atoms. The van der Waals surface area contributed by atoms with Crippen LogP contribution in [-0.2, 0) is 26.2 Å². The summed E-state index contributed by atoms with van der Waals surface area (Å²) in [5, 5.41) is 2.89. The van der Waals surface area contributed by atoms with Crippen molar-refractivity contribution >= 4 is 43.5 Å². The molecule has 0 aliphatic carbocycles. The van der Waals surface area contributed by atoms with Crippen molar-refractivity contribution in [3.8, 4) is 0 Å². The fourth-order valence-corrected chi connectivity index (χ4v) is 4.89. The highest BCUT2D eigenvalue weighted by Crippen LogP contribution is 2.28. The summed E-state index contributed by atoms with van der Waals surface area (Å²) in [4.78, 5) is 28.0. The van der Waals surface area contributed by atoms with E-state index in [4.69, 9.17) is 0 Å². The third-order valence-corrected chi connectivity index (χ3v) is 6.75. The van der Waals surface area contributed by atoms with Gasteiger partial charge < -0.3 is 10.2 Å². The van der Waals surface area contributed by atoms with Crippen molar-refractivity contribution in [2.75, 3.05) is 17.1 Å². The Balaban J connectivity index is 2.46. The summed E-state index contributed by atoms with van der Waals surface area (Å²) < 4.78 is 40.2. The van der Waals surface area contributed by atoms with Gasteiger partial charge in [0.25, 0.3) is 0 Å². The molecule has 0 radical (unpaired) electrons. The topological polar surface area (TPSA) is 86.8 Å². The minimum atomic E-state index is -3.82. The van der Waals surface area contributed by atoms with Gasteiger partial charge in [-0.1, -0.05) is 31.2 Å². The molecule has 0 bridgehead atoms. The lowest BCUT2D eigenvalue weighted by Gasteiger charge is -2.34. The van der Waals surface area contributed by atoms with Crippen LogP contribution in [0.2, 0.25) is 0 Å². The molecule has 2 aromatic rings. The Hall–Kier alpha value is -2.46. The predicted molar refractivity (Wildman–Crippen MR) is 135 cm³/mol. The second-order valence-corrected chi connectivity index (χ2v) is 11.8. The molecule has 0 unspecified atom stereocenters. The number of rotatable bonds is 9. The van der Waals surface area contributed by atoms with Crippen LogP contribution < -0.4 is 9.62 Å². The van der Waals surface area contributed by atoms with Crippen LogP contribution >= 0.6 is 15.9 Å². The summed E-state index contributed by atoms with van der Waals surface area (Å²) in [6.45, 7) is 6.80. The monoisotopic (exact) mass is 555 g/mol. The molecule has 2 aromatic carbocycles. The molecule has 10 heteroatoms. The van der Waals surface area contributed by atoms with Crippen LogP contribution in [0, 0.1) is 5.82 Å². The number of carbonyl (C=O) groups excluding carboxylic acids is 2. The molecule has 0 aliphatic heterocycles. The first-order valence-corrected chi connectivity index (χ1v) is 13.4. The number of sulfonamides is 1. The maximum Gasteiger partial charge on any atom is 0.244 e. The maximum absolute atomic E-state index is 13.6. The number of benzene rings is 2. The van der Waals surface area contributed by atoms with Gasteiger partial charge in [0.15, 0.2) is 0 Å². The van der Waals surface area contributed by atoms with Crippen LogP contribution in [0.15, 0.2) is 53.0 Å². The summed E-state index contributed by atoms with van der Waals surface area (Å²) in [5.41, 5.74) is 0.402. The highest BCUT2D eigenvalue weighted by Gasteiger charge is 2.33. The van der Waals surface area contributed by atoms with E-state index in [0.29, 0.717) is 22.1 Å². The SMILES string of the molecule is CC[C@H](C(=O)NC(C)(C)C)N(Cc1ccc(F)cc1)C(=O)CN(c1ccccc1Br)S(C)(=O)=O. The van der Waals surface area contributed by atoms with Gasteiger partial charge >= 0.3 is 0 Å². The summed E-state index contributed by atoms with van der Waals surface area (Å²) in [6.07, 6.45) is 1.33. The lowest BCUT2D eigenvalue weighted by Crippen LogP contribution is -2.55. The molecule has 0 saturated heterocycles. The molecule has 0 aromatic heterocycles. The number of hydrogen-bond acceptors (Lipinski definition) is 4. The molecule has 0 fully saturated rings. The third-order valence-electron chi connectivity index (χ3n) is 4.95. The Morgan fingerprint density at radius 1 is 1.09 bits per heavy atom. The normalized spacial score (nSPS) is 12.7. The van der Waals surface area contributed by atoms with E-state index in [1.165, 1.54) is 29.2 Å². The number of nitrogens with one attached hydrogen (secondary N) is 1. The summed E-state index contributed by atoms with van der Waals surface area (Å²) in [5.74, 6) is -1.32. The van der Waals surface area contributed by atoms with E-state index in [0.717, 1.165) is 10.6 Å². The number of hydrogen-bond donors (Lipinski definition) is 1. The molecule has 7 nitrogen and oxygen atoms in total. The fraction of sp³-hybridized carbons (Fsp3) is 0.417. The largest absolute Gasteiger partial charge is 0.350 e. The van der Waals surface area contributed by atoms with Crippen LogP contribution in [0.5, 0.6) is 0 Å². The van der Waals surface area contributed by atoms with Gasteiger partial charge in [-0.05, 0) is 73.0 Å². The first-order chi connectivity index (χ1) is 15.7. The zero-order valence-corrected chi connectivity index (χ0v) is 22.4. The smallest absolute Gasteiger partial charge is 0.244 e. The highest BCUT2D eigenvalue weighted by atomic mass is 79.9. The first-order valence-electron chi connectivity index (χ1n) is 10.8. The molecule has 2 rings (SSSR count). The number of nitrogens with zero attached hydrogens (tertiary/aromatic N) is 2. The van der Waals surface area contributed by atoms with Gasteiger partial charge in [0.05, 0.1) is 11.9 Å². The number of para-hydroxylation sites is 1. The van der Waals surface area contributed by atoms with E-state index in [1.807, 2.05) is 20.8 Å². The number of amides is 2. The van der Waals surface area contributed by atoms with Crippen LogP contribution in [0.25, 0.3) is 0 Å². The Labute approximate surface area is 209 Å². The van der Waals surface area contributed by atoms with Gasteiger partial charge in [-0.3, -0.25) is 13.9 Å². The molecular weight excluding hydrogens is 525 g/mol. The standard InChI is InChI=1S/C24H31BrFN3O4S/c1-6-20(23(31)27-24(2,3)4)28(15-17-11-13-18(26)14-12-17)22(30)16-29(34(5,32)33)21-10-8-7-9-19(21)25/h7-14,20H,6,15-16H2,1-5H3,(H,27,31)/t20-/m1/s1. The van der Waals surface area contributed by atoms with Gasteiger partial charge in [-0.25, -0.2) is 12.8 Å². The lowest BCUT2D eigenvalue weighted by molar-refractivity contribution is -0.141. The van der Waals surface area contributed by atoms with Crippen molar-refractivity contribution in [1.82, 2.24) is 10.2 Å². The van der Waals surface area contributed by atoms with Crippen LogP contribution in [0.4, 0.5) is 10.1 Å². The van der Waals surface area contributed by atoms with Gasteiger partial charge in [0, 0.05) is 16.6 Å². The maximum atomic E-state index is 13.6. The van der Waals surface area contributed by atoms with Crippen molar-refractivity contribution in [3.63, 3.8) is 0 Å². The van der Waals surface area contributed by atoms with Gasteiger partial charge in [0.1, 0.15) is 18.4 Å². The molecule has 1 N–H and O–H groups in total. The molecule has 0 saturated carbocycles. The number of carbonyl (C=O) groups is 2.